The molecule has 0 N–H and O–H groups in total. The van der Waals surface area contributed by atoms with Crippen LogP contribution in [0.1, 0.15) is 134 Å². The van der Waals surface area contributed by atoms with Gasteiger partial charge in [0.1, 0.15) is 0 Å². The molecule has 0 spiro atoms. The molecule has 0 amide bonds. The summed E-state index contributed by atoms with van der Waals surface area (Å²) in [5.41, 5.74) is 17.5. The van der Waals surface area contributed by atoms with Crippen LogP contribution in [0.15, 0.2) is 47.1 Å². The van der Waals surface area contributed by atoms with Crippen LogP contribution in [0.2, 0.25) is 0 Å². The van der Waals surface area contributed by atoms with Crippen molar-refractivity contribution in [3.63, 3.8) is 0 Å². The molecular formula is C40H50. The fraction of sp³-hybridized carbons (Fsp3) is 0.600. The topological polar surface area (TPSA) is 0 Å². The molecule has 1 saturated carbocycles. The molecule has 0 bridgehead atoms. The van der Waals surface area contributed by atoms with E-state index in [1.807, 2.05) is 5.57 Å². The van der Waals surface area contributed by atoms with Crippen LogP contribution in [0.25, 0.3) is 17.2 Å². The molecule has 7 aliphatic carbocycles. The van der Waals surface area contributed by atoms with E-state index in [4.69, 9.17) is 0 Å². The predicted molar refractivity (Wildman–Crippen MR) is 171 cm³/mol. The van der Waals surface area contributed by atoms with E-state index in [0.29, 0.717) is 47.3 Å². The average Bonchev–Trinajstić information content (AvgIpc) is 2.93. The quantitative estimate of drug-likeness (QED) is 0.334. The second-order valence-corrected chi connectivity index (χ2v) is 16.3. The first-order chi connectivity index (χ1) is 19.0. The van der Waals surface area contributed by atoms with E-state index >= 15 is 0 Å². The summed E-state index contributed by atoms with van der Waals surface area (Å²) in [4.78, 5) is 0. The average molecular weight is 531 g/mol. The van der Waals surface area contributed by atoms with Gasteiger partial charge in [0.05, 0.1) is 0 Å². The molecule has 6 atom stereocenters. The van der Waals surface area contributed by atoms with Gasteiger partial charge in [0.15, 0.2) is 0 Å². The molecule has 0 heteroatoms. The first-order valence-electron chi connectivity index (χ1n) is 16.8. The summed E-state index contributed by atoms with van der Waals surface area (Å²) in [6.07, 6.45) is 21.5. The SMILES string of the molecule is CC(C)c1cc2c3c4c1C=C1C5C(=CC(C(C)C)C(C=C3C(C)(C)C3=C2CCCC3)C45)C2CCC=CC2C1(C)C. The first kappa shape index (κ1) is 25.6. The zero-order valence-corrected chi connectivity index (χ0v) is 26.3. The predicted octanol–water partition coefficient (Wildman–Crippen LogP) is 11.1. The molecule has 1 fully saturated rings. The van der Waals surface area contributed by atoms with E-state index in [1.165, 1.54) is 38.5 Å². The lowest BCUT2D eigenvalue weighted by Crippen LogP contribution is -2.50. The Balaban J connectivity index is 1.51. The molecule has 0 saturated heterocycles. The van der Waals surface area contributed by atoms with E-state index < -0.39 is 0 Å². The Labute approximate surface area is 243 Å². The Kier molecular flexibility index (Phi) is 5.29. The summed E-state index contributed by atoms with van der Waals surface area (Å²) in [5.74, 6) is 4.95. The summed E-state index contributed by atoms with van der Waals surface area (Å²) in [7, 11) is 0. The summed E-state index contributed by atoms with van der Waals surface area (Å²) < 4.78 is 0. The van der Waals surface area contributed by atoms with E-state index in [-0.39, 0.29) is 10.8 Å². The van der Waals surface area contributed by atoms with Crippen LogP contribution in [-0.2, 0) is 0 Å². The Morgan fingerprint density at radius 2 is 1.73 bits per heavy atom. The van der Waals surface area contributed by atoms with Gasteiger partial charge in [0.2, 0.25) is 0 Å². The van der Waals surface area contributed by atoms with Crippen LogP contribution in [0.5, 0.6) is 0 Å². The maximum atomic E-state index is 2.87. The maximum absolute atomic E-state index is 2.87. The van der Waals surface area contributed by atoms with Gasteiger partial charge in [-0.2, -0.15) is 0 Å². The fourth-order valence-corrected chi connectivity index (χ4v) is 11.1. The highest BCUT2D eigenvalue weighted by Crippen LogP contribution is 2.70. The highest BCUT2D eigenvalue weighted by Gasteiger charge is 2.58. The minimum Gasteiger partial charge on any atom is -0.0882 e. The molecule has 1 aromatic carbocycles. The van der Waals surface area contributed by atoms with Crippen LogP contribution in [-0.4, -0.2) is 0 Å². The van der Waals surface area contributed by atoms with Crippen LogP contribution < -0.4 is 0 Å². The van der Waals surface area contributed by atoms with E-state index in [0.717, 1.165) is 0 Å². The van der Waals surface area contributed by atoms with Crippen molar-refractivity contribution in [1.29, 1.82) is 0 Å². The summed E-state index contributed by atoms with van der Waals surface area (Å²) in [6.45, 7) is 20.2. The highest BCUT2D eigenvalue weighted by molar-refractivity contribution is 5.96. The second-order valence-electron chi connectivity index (χ2n) is 16.3. The monoisotopic (exact) mass is 530 g/mol. The van der Waals surface area contributed by atoms with Gasteiger partial charge in [-0.25, -0.2) is 0 Å². The number of fused-ring (bicyclic) bond motifs is 3. The number of rotatable bonds is 2. The molecule has 0 nitrogen and oxygen atoms in total. The van der Waals surface area contributed by atoms with Crippen molar-refractivity contribution in [2.24, 2.45) is 46.3 Å². The molecule has 6 unspecified atom stereocenters. The van der Waals surface area contributed by atoms with Gasteiger partial charge in [-0.3, -0.25) is 0 Å². The van der Waals surface area contributed by atoms with Gasteiger partial charge in [-0.1, -0.05) is 102 Å². The molecule has 0 heterocycles. The molecule has 40 heavy (non-hydrogen) atoms. The Morgan fingerprint density at radius 3 is 2.48 bits per heavy atom. The first-order valence-corrected chi connectivity index (χ1v) is 16.8. The summed E-state index contributed by atoms with van der Waals surface area (Å²) in [6, 6.07) is 2.69. The van der Waals surface area contributed by atoms with Crippen LogP contribution >= 0.6 is 0 Å². The highest BCUT2D eigenvalue weighted by atomic mass is 14.6. The smallest absolute Gasteiger partial charge is 0.0114 e. The molecule has 8 rings (SSSR count). The standard InChI is InChI=1S/C40H50/c1-21(2)25-17-27-23-13-9-11-15-31(23)40(7,8)34-20-30-26(22(3)4)18-28-24-14-10-12-16-32(24)39(5,6)33-19-29(25)37(35(27)34)38(30)36(28)33/h11,15,17-23,25,29,31,35,37H,9-10,12-14,16H2,1-8H3. The van der Waals surface area contributed by atoms with Crippen molar-refractivity contribution in [2.45, 2.75) is 106 Å². The third-order valence-corrected chi connectivity index (χ3v) is 13.0. The van der Waals surface area contributed by atoms with Gasteiger partial charge in [-0.15, -0.1) is 0 Å². The van der Waals surface area contributed by atoms with Crippen LogP contribution in [0.3, 0.4) is 0 Å². The van der Waals surface area contributed by atoms with Gasteiger partial charge < -0.3 is 0 Å². The number of benzene rings is 1. The number of allylic oxidation sites excluding steroid dienone is 9. The van der Waals surface area contributed by atoms with E-state index in [2.05, 4.69) is 91.8 Å². The van der Waals surface area contributed by atoms with Gasteiger partial charge in [-0.05, 0) is 124 Å². The van der Waals surface area contributed by atoms with Gasteiger partial charge >= 0.3 is 0 Å². The fourth-order valence-electron chi connectivity index (χ4n) is 11.1. The molecule has 1 aromatic rings. The van der Waals surface area contributed by atoms with Crippen molar-refractivity contribution in [3.05, 3.63) is 74.9 Å². The van der Waals surface area contributed by atoms with E-state index in [1.54, 1.807) is 50.1 Å². The third kappa shape index (κ3) is 3.05. The van der Waals surface area contributed by atoms with Crippen LogP contribution in [0, 0.1) is 46.3 Å². The van der Waals surface area contributed by atoms with Gasteiger partial charge in [0, 0.05) is 17.3 Å². The van der Waals surface area contributed by atoms with Crippen molar-refractivity contribution in [3.8, 4) is 0 Å². The van der Waals surface area contributed by atoms with Crippen LogP contribution in [0.4, 0.5) is 0 Å². The van der Waals surface area contributed by atoms with E-state index in [9.17, 15) is 0 Å². The molecule has 7 aliphatic rings. The molecule has 0 aliphatic heterocycles. The Hall–Kier alpha value is -2.08. The lowest BCUT2D eigenvalue weighted by molar-refractivity contribution is 0.134. The number of hydrogen-bond acceptors (Lipinski definition) is 0. The molecule has 0 aromatic heterocycles. The maximum Gasteiger partial charge on any atom is 0.0114 e. The minimum atomic E-state index is 0.140. The van der Waals surface area contributed by atoms with Crippen molar-refractivity contribution in [1.82, 2.24) is 0 Å². The lowest BCUT2D eigenvalue weighted by atomic mass is 9.43. The summed E-state index contributed by atoms with van der Waals surface area (Å²) >= 11 is 0. The third-order valence-electron chi connectivity index (χ3n) is 13.0. The largest absolute Gasteiger partial charge is 0.0882 e. The zero-order valence-electron chi connectivity index (χ0n) is 26.3. The molecular weight excluding hydrogens is 480 g/mol. The molecule has 0 radical (unpaired) electrons. The Bertz CT molecular complexity index is 1470. The second kappa shape index (κ2) is 8.26. The van der Waals surface area contributed by atoms with Crippen molar-refractivity contribution >= 4 is 17.2 Å². The summed E-state index contributed by atoms with van der Waals surface area (Å²) in [5, 5.41) is 0. The zero-order chi connectivity index (χ0) is 27.9. The van der Waals surface area contributed by atoms with Crippen molar-refractivity contribution in [2.75, 3.05) is 0 Å². The van der Waals surface area contributed by atoms with Gasteiger partial charge in [0.25, 0.3) is 0 Å². The molecule has 210 valence electrons. The Morgan fingerprint density at radius 1 is 0.950 bits per heavy atom. The number of hydrogen-bond donors (Lipinski definition) is 0. The lowest BCUT2D eigenvalue weighted by Gasteiger charge is -2.60. The minimum absolute atomic E-state index is 0.140. The normalized spacial score (nSPS) is 35.5. The van der Waals surface area contributed by atoms with Crippen molar-refractivity contribution < 1.29 is 0 Å².